The molecule has 0 heterocycles. The van der Waals surface area contributed by atoms with Crippen molar-refractivity contribution in [1.82, 2.24) is 5.43 Å². The minimum Gasteiger partial charge on any atom is -0.494 e. The second-order valence-electron chi connectivity index (χ2n) is 8.04. The van der Waals surface area contributed by atoms with E-state index in [1.807, 2.05) is 26.0 Å². The first-order chi connectivity index (χ1) is 18.2. The van der Waals surface area contributed by atoms with E-state index in [2.05, 4.69) is 10.5 Å². The first kappa shape index (κ1) is 28.8. The van der Waals surface area contributed by atoms with E-state index < -0.39 is 22.5 Å². The predicted octanol–water partition coefficient (Wildman–Crippen LogP) is 4.63. The van der Waals surface area contributed by atoms with Crippen LogP contribution in [0.5, 0.6) is 17.2 Å². The van der Waals surface area contributed by atoms with E-state index in [4.69, 9.17) is 25.8 Å². The minimum atomic E-state index is -3.72. The molecule has 0 saturated heterocycles. The molecule has 1 N–H and O–H groups in total. The number of nitrogens with zero attached hydrogens (tertiary/aromatic N) is 2. The Morgan fingerprint density at radius 1 is 0.947 bits per heavy atom. The van der Waals surface area contributed by atoms with Gasteiger partial charge < -0.3 is 14.2 Å². The fourth-order valence-electron chi connectivity index (χ4n) is 3.35. The van der Waals surface area contributed by atoms with Crippen LogP contribution in [-0.4, -0.2) is 46.6 Å². The molecule has 3 aromatic rings. The zero-order chi connectivity index (χ0) is 27.5. The average molecular weight is 560 g/mol. The summed E-state index contributed by atoms with van der Waals surface area (Å²) in [6.45, 7) is 4.53. The minimum absolute atomic E-state index is 0.339. The molecule has 0 aliphatic carbocycles. The summed E-state index contributed by atoms with van der Waals surface area (Å²) >= 11 is 5.93. The van der Waals surface area contributed by atoms with Gasteiger partial charge in [-0.3, -0.25) is 9.10 Å². The van der Waals surface area contributed by atoms with Gasteiger partial charge in [0.2, 0.25) is 10.0 Å². The zero-order valence-corrected chi connectivity index (χ0v) is 23.0. The molecule has 0 saturated carbocycles. The van der Waals surface area contributed by atoms with Crippen LogP contribution in [0.2, 0.25) is 5.02 Å². The summed E-state index contributed by atoms with van der Waals surface area (Å²) < 4.78 is 42.6. The Bertz CT molecular complexity index is 1350. The molecule has 9 nitrogen and oxygen atoms in total. The fourth-order valence-corrected chi connectivity index (χ4v) is 4.34. The molecule has 0 spiro atoms. The molecule has 202 valence electrons. The molecule has 0 bridgehead atoms. The fraction of sp³-hybridized carbons (Fsp3) is 0.259. The monoisotopic (exact) mass is 559 g/mol. The molecule has 0 radical (unpaired) electrons. The Labute approximate surface area is 228 Å². The van der Waals surface area contributed by atoms with Gasteiger partial charge in [0.05, 0.1) is 31.4 Å². The van der Waals surface area contributed by atoms with Crippen LogP contribution in [0, 0.1) is 0 Å². The summed E-state index contributed by atoms with van der Waals surface area (Å²) in [6.07, 6.45) is 2.47. The lowest BCUT2D eigenvalue weighted by Crippen LogP contribution is -2.39. The van der Waals surface area contributed by atoms with Gasteiger partial charge in [0.25, 0.3) is 5.91 Å². The number of hydrogen-bond acceptors (Lipinski definition) is 7. The number of anilines is 1. The molecular weight excluding hydrogens is 530 g/mol. The summed E-state index contributed by atoms with van der Waals surface area (Å²) in [4.78, 5) is 12.5. The third-order valence-corrected chi connectivity index (χ3v) is 6.49. The molecule has 0 fully saturated rings. The number of hydrogen-bond donors (Lipinski definition) is 1. The van der Waals surface area contributed by atoms with Crippen LogP contribution in [0.4, 0.5) is 5.69 Å². The Morgan fingerprint density at radius 2 is 1.63 bits per heavy atom. The van der Waals surface area contributed by atoms with Crippen LogP contribution in [-0.2, 0) is 21.4 Å². The number of benzene rings is 3. The van der Waals surface area contributed by atoms with Crippen molar-refractivity contribution in [1.29, 1.82) is 0 Å². The van der Waals surface area contributed by atoms with Gasteiger partial charge in [0, 0.05) is 5.02 Å². The molecule has 0 aliphatic rings. The van der Waals surface area contributed by atoms with Gasteiger partial charge in [0.15, 0.2) is 11.5 Å². The van der Waals surface area contributed by atoms with Crippen LogP contribution >= 0.6 is 11.6 Å². The maximum Gasteiger partial charge on any atom is 0.260 e. The number of ether oxygens (including phenoxy) is 3. The van der Waals surface area contributed by atoms with E-state index in [1.165, 1.54) is 6.21 Å². The summed E-state index contributed by atoms with van der Waals surface area (Å²) in [5, 5.41) is 4.62. The number of carbonyl (C=O) groups is 1. The van der Waals surface area contributed by atoms with Crippen molar-refractivity contribution < 1.29 is 27.4 Å². The van der Waals surface area contributed by atoms with Gasteiger partial charge in [-0.2, -0.15) is 5.10 Å². The van der Waals surface area contributed by atoms with Crippen LogP contribution in [0.1, 0.15) is 25.0 Å². The molecule has 11 heteroatoms. The van der Waals surface area contributed by atoms with E-state index in [0.29, 0.717) is 53.3 Å². The number of amides is 1. The van der Waals surface area contributed by atoms with Crippen LogP contribution in [0.3, 0.4) is 0 Å². The standard InChI is InChI=1S/C27H30ClN3O6S/c1-4-35-24-13-11-23(12-14-24)31(38(3,33)34)18-27(32)30-29-17-21-8-15-25(26(16-21)36-5-2)37-19-20-6-9-22(28)10-7-20/h6-17H,4-5,18-19H2,1-3H3,(H,30,32)/b29-17+. The molecule has 0 aliphatic heterocycles. The maximum atomic E-state index is 12.5. The van der Waals surface area contributed by atoms with Crippen LogP contribution in [0.25, 0.3) is 0 Å². The van der Waals surface area contributed by atoms with E-state index in [0.717, 1.165) is 16.1 Å². The number of halogens is 1. The van der Waals surface area contributed by atoms with E-state index in [1.54, 1.807) is 54.6 Å². The maximum absolute atomic E-state index is 12.5. The van der Waals surface area contributed by atoms with Gasteiger partial charge in [-0.15, -0.1) is 0 Å². The van der Waals surface area contributed by atoms with Crippen molar-refractivity contribution >= 4 is 39.4 Å². The van der Waals surface area contributed by atoms with Gasteiger partial charge in [-0.25, -0.2) is 13.8 Å². The predicted molar refractivity (Wildman–Crippen MR) is 149 cm³/mol. The number of nitrogens with one attached hydrogen (secondary N) is 1. The number of sulfonamides is 1. The Morgan fingerprint density at radius 3 is 2.26 bits per heavy atom. The van der Waals surface area contributed by atoms with Crippen molar-refractivity contribution in [3.8, 4) is 17.2 Å². The van der Waals surface area contributed by atoms with Crippen molar-refractivity contribution in [2.24, 2.45) is 5.10 Å². The Hall–Kier alpha value is -3.76. The molecular formula is C27H30ClN3O6S. The molecule has 38 heavy (non-hydrogen) atoms. The number of hydrazone groups is 1. The molecule has 3 rings (SSSR count). The summed E-state index contributed by atoms with van der Waals surface area (Å²) in [6, 6.07) is 19.1. The molecule has 0 unspecified atom stereocenters. The summed E-state index contributed by atoms with van der Waals surface area (Å²) in [5.74, 6) is 1.08. The van der Waals surface area contributed by atoms with Gasteiger partial charge in [-0.1, -0.05) is 23.7 Å². The summed E-state index contributed by atoms with van der Waals surface area (Å²) in [7, 11) is -3.72. The second-order valence-corrected chi connectivity index (χ2v) is 10.4. The van der Waals surface area contributed by atoms with Gasteiger partial charge in [-0.05, 0) is 79.6 Å². The van der Waals surface area contributed by atoms with Crippen molar-refractivity contribution in [2.75, 3.05) is 30.3 Å². The lowest BCUT2D eigenvalue weighted by Gasteiger charge is -2.21. The number of rotatable bonds is 13. The first-order valence-electron chi connectivity index (χ1n) is 11.9. The van der Waals surface area contributed by atoms with Gasteiger partial charge >= 0.3 is 0 Å². The van der Waals surface area contributed by atoms with Gasteiger partial charge in [0.1, 0.15) is 18.9 Å². The molecule has 1 amide bonds. The highest BCUT2D eigenvalue weighted by Crippen LogP contribution is 2.29. The highest BCUT2D eigenvalue weighted by Gasteiger charge is 2.20. The second kappa shape index (κ2) is 13.7. The highest BCUT2D eigenvalue weighted by molar-refractivity contribution is 7.92. The van der Waals surface area contributed by atoms with Crippen LogP contribution < -0.4 is 23.9 Å². The Kier molecular flexibility index (Phi) is 10.4. The average Bonchev–Trinajstić information content (AvgIpc) is 2.88. The Balaban J connectivity index is 1.63. The third-order valence-electron chi connectivity index (χ3n) is 5.10. The molecule has 0 aromatic heterocycles. The first-order valence-corrected chi connectivity index (χ1v) is 14.1. The van der Waals surface area contributed by atoms with E-state index in [9.17, 15) is 13.2 Å². The zero-order valence-electron chi connectivity index (χ0n) is 21.4. The van der Waals surface area contributed by atoms with Crippen LogP contribution in [0.15, 0.2) is 71.8 Å². The van der Waals surface area contributed by atoms with Crippen molar-refractivity contribution in [3.05, 3.63) is 82.9 Å². The normalized spacial score (nSPS) is 11.3. The van der Waals surface area contributed by atoms with Crippen molar-refractivity contribution in [3.63, 3.8) is 0 Å². The number of carbonyl (C=O) groups excluding carboxylic acids is 1. The molecule has 0 atom stereocenters. The topological polar surface area (TPSA) is 107 Å². The lowest BCUT2D eigenvalue weighted by molar-refractivity contribution is -0.119. The quantitative estimate of drug-likeness (QED) is 0.242. The highest BCUT2D eigenvalue weighted by atomic mass is 35.5. The SMILES string of the molecule is CCOc1ccc(N(CC(=O)N/N=C/c2ccc(OCc3ccc(Cl)cc3)c(OCC)c2)S(C)(=O)=O)cc1. The van der Waals surface area contributed by atoms with E-state index in [-0.39, 0.29) is 0 Å². The van der Waals surface area contributed by atoms with E-state index >= 15 is 0 Å². The third kappa shape index (κ3) is 8.67. The summed E-state index contributed by atoms with van der Waals surface area (Å²) in [5.41, 5.74) is 4.32. The lowest BCUT2D eigenvalue weighted by atomic mass is 10.2. The largest absolute Gasteiger partial charge is 0.494 e. The molecule has 3 aromatic carbocycles. The van der Waals surface area contributed by atoms with Crippen molar-refractivity contribution in [2.45, 2.75) is 20.5 Å². The smallest absolute Gasteiger partial charge is 0.260 e.